The lowest BCUT2D eigenvalue weighted by molar-refractivity contribution is -0.00000717. The predicted molar refractivity (Wildman–Crippen MR) is 121 cm³/mol. The van der Waals surface area contributed by atoms with Crippen LogP contribution in [0.2, 0.25) is 0 Å². The number of halogens is 1. The highest BCUT2D eigenvalue weighted by atomic mass is 79.9. The van der Waals surface area contributed by atoms with Gasteiger partial charge in [-0.15, -0.1) is 13.2 Å². The number of phenolic OH excluding ortho intramolecular Hbond substituents is 1. The van der Waals surface area contributed by atoms with Crippen molar-refractivity contribution < 1.29 is 26.8 Å². The minimum absolute atomic E-state index is 0. The van der Waals surface area contributed by atoms with E-state index in [9.17, 15) is 5.11 Å². The lowest BCUT2D eigenvalue weighted by atomic mass is 9.97. The molecule has 0 unspecified atom stereocenters. The average molecular weight is 464 g/mol. The van der Waals surface area contributed by atoms with Crippen molar-refractivity contribution in [3.63, 3.8) is 0 Å². The van der Waals surface area contributed by atoms with Crippen LogP contribution < -0.4 is 21.7 Å². The van der Waals surface area contributed by atoms with E-state index < -0.39 is 0 Å². The Kier molecular flexibility index (Phi) is 8.94. The number of rotatable bonds is 9. The SMILES string of the molecule is C=CCc1ccc(OCc2ccc(CC)cc2)c(-c2ccc(O)c(CC=C)c2)c1.[Br-]. The normalized spacial score (nSPS) is 10.2. The van der Waals surface area contributed by atoms with E-state index in [1.54, 1.807) is 12.1 Å². The predicted octanol–water partition coefficient (Wildman–Crippen LogP) is 3.66. The van der Waals surface area contributed by atoms with Crippen LogP contribution in [0.15, 0.2) is 86.0 Å². The summed E-state index contributed by atoms with van der Waals surface area (Å²) in [6.45, 7) is 10.3. The molecule has 0 spiro atoms. The van der Waals surface area contributed by atoms with Crippen LogP contribution in [0.5, 0.6) is 11.5 Å². The van der Waals surface area contributed by atoms with Crippen LogP contribution in [0.25, 0.3) is 11.1 Å². The van der Waals surface area contributed by atoms with Gasteiger partial charge in [-0.2, -0.15) is 0 Å². The molecule has 2 nitrogen and oxygen atoms in total. The van der Waals surface area contributed by atoms with Crippen molar-refractivity contribution in [1.29, 1.82) is 0 Å². The lowest BCUT2D eigenvalue weighted by Gasteiger charge is -2.15. The Labute approximate surface area is 190 Å². The molecule has 0 aliphatic carbocycles. The number of aryl methyl sites for hydroxylation is 1. The van der Waals surface area contributed by atoms with Crippen molar-refractivity contribution in [3.05, 3.63) is 108 Å². The highest BCUT2D eigenvalue weighted by Crippen LogP contribution is 2.34. The van der Waals surface area contributed by atoms with Crippen LogP contribution >= 0.6 is 0 Å². The molecule has 0 aliphatic rings. The smallest absolute Gasteiger partial charge is 0.127 e. The number of allylic oxidation sites excluding steroid dienone is 2. The van der Waals surface area contributed by atoms with Gasteiger partial charge in [0, 0.05) is 5.56 Å². The molecular formula is C27H28BrO2-. The van der Waals surface area contributed by atoms with Gasteiger partial charge in [-0.25, -0.2) is 0 Å². The summed E-state index contributed by atoms with van der Waals surface area (Å²) in [5, 5.41) is 10.1. The first kappa shape index (κ1) is 23.5. The maximum Gasteiger partial charge on any atom is 0.127 e. The quantitative estimate of drug-likeness (QED) is 0.490. The Hall–Kier alpha value is -2.78. The molecule has 0 saturated heterocycles. The summed E-state index contributed by atoms with van der Waals surface area (Å²) in [6, 6.07) is 20.4. The fourth-order valence-corrected chi connectivity index (χ4v) is 3.33. The summed E-state index contributed by atoms with van der Waals surface area (Å²) < 4.78 is 6.21. The van der Waals surface area contributed by atoms with Crippen LogP contribution in [-0.4, -0.2) is 5.11 Å². The first-order valence-corrected chi connectivity index (χ1v) is 10.0. The van der Waals surface area contributed by atoms with Gasteiger partial charge in [-0.3, -0.25) is 0 Å². The van der Waals surface area contributed by atoms with Gasteiger partial charge in [-0.1, -0.05) is 55.5 Å². The van der Waals surface area contributed by atoms with Crippen molar-refractivity contribution in [2.75, 3.05) is 0 Å². The van der Waals surface area contributed by atoms with E-state index >= 15 is 0 Å². The fourth-order valence-electron chi connectivity index (χ4n) is 3.33. The van der Waals surface area contributed by atoms with Gasteiger partial charge >= 0.3 is 0 Å². The molecule has 0 fully saturated rings. The van der Waals surface area contributed by atoms with Crippen LogP contribution in [-0.2, 0) is 25.9 Å². The highest BCUT2D eigenvalue weighted by Gasteiger charge is 2.11. The van der Waals surface area contributed by atoms with Gasteiger partial charge in [0.2, 0.25) is 0 Å². The highest BCUT2D eigenvalue weighted by molar-refractivity contribution is 5.73. The third-order valence-corrected chi connectivity index (χ3v) is 5.00. The van der Waals surface area contributed by atoms with Crippen molar-refractivity contribution in [1.82, 2.24) is 0 Å². The zero-order chi connectivity index (χ0) is 20.6. The lowest BCUT2D eigenvalue weighted by Crippen LogP contribution is -3.00. The van der Waals surface area contributed by atoms with E-state index in [2.05, 4.69) is 56.5 Å². The molecule has 3 aromatic rings. The Balaban J connectivity index is 0.00000320. The third kappa shape index (κ3) is 5.87. The Morgan fingerprint density at radius 1 is 0.833 bits per heavy atom. The number of aromatic hydroxyl groups is 1. The fraction of sp³-hybridized carbons (Fsp3) is 0.185. The minimum atomic E-state index is 0. The molecule has 0 aromatic heterocycles. The van der Waals surface area contributed by atoms with Gasteiger partial charge < -0.3 is 26.8 Å². The van der Waals surface area contributed by atoms with Gasteiger partial charge in [0.25, 0.3) is 0 Å². The standard InChI is InChI=1S/C27H28O2.BrH/c1-4-7-21-13-16-27(29-19-22-11-9-20(6-3)10-12-22)25(17-21)23-14-15-26(28)24(18-23)8-5-2;/h4-5,9-18,28H,1-2,6-8,19H2,3H3;1H/p-1. The second kappa shape index (κ2) is 11.4. The molecule has 3 rings (SSSR count). The van der Waals surface area contributed by atoms with Gasteiger partial charge in [0.1, 0.15) is 18.1 Å². The number of hydrogen-bond donors (Lipinski definition) is 1. The van der Waals surface area contributed by atoms with Crippen LogP contribution in [0.4, 0.5) is 0 Å². The summed E-state index contributed by atoms with van der Waals surface area (Å²) in [4.78, 5) is 0. The maximum atomic E-state index is 10.1. The topological polar surface area (TPSA) is 29.5 Å². The molecule has 0 aliphatic heterocycles. The largest absolute Gasteiger partial charge is 1.00 e. The van der Waals surface area contributed by atoms with E-state index in [1.807, 2.05) is 24.3 Å². The number of ether oxygens (including phenoxy) is 1. The summed E-state index contributed by atoms with van der Waals surface area (Å²) in [7, 11) is 0. The summed E-state index contributed by atoms with van der Waals surface area (Å²) in [6.07, 6.45) is 6.14. The van der Waals surface area contributed by atoms with Gasteiger partial charge in [0.05, 0.1) is 0 Å². The molecule has 1 N–H and O–H groups in total. The molecular weight excluding hydrogens is 436 g/mol. The Morgan fingerprint density at radius 2 is 1.50 bits per heavy atom. The summed E-state index contributed by atoms with van der Waals surface area (Å²) >= 11 is 0. The average Bonchev–Trinajstić information content (AvgIpc) is 2.75. The van der Waals surface area contributed by atoms with Crippen LogP contribution in [0.1, 0.15) is 29.2 Å². The molecule has 0 amide bonds. The van der Waals surface area contributed by atoms with Crippen molar-refractivity contribution in [3.8, 4) is 22.6 Å². The molecule has 0 heterocycles. The first-order valence-electron chi connectivity index (χ1n) is 10.0. The van der Waals surface area contributed by atoms with E-state index in [-0.39, 0.29) is 22.7 Å². The molecule has 0 atom stereocenters. The van der Waals surface area contributed by atoms with Crippen LogP contribution in [0, 0.1) is 0 Å². The molecule has 156 valence electrons. The second-order valence-corrected chi connectivity index (χ2v) is 7.12. The number of hydrogen-bond acceptors (Lipinski definition) is 2. The van der Waals surface area contributed by atoms with E-state index in [0.29, 0.717) is 13.0 Å². The minimum Gasteiger partial charge on any atom is -1.00 e. The van der Waals surface area contributed by atoms with Gasteiger partial charge in [0.15, 0.2) is 0 Å². The Bertz CT molecular complexity index is 990. The molecule has 3 aromatic carbocycles. The molecule has 0 bridgehead atoms. The third-order valence-electron chi connectivity index (χ3n) is 5.00. The zero-order valence-electron chi connectivity index (χ0n) is 17.4. The molecule has 0 saturated carbocycles. The van der Waals surface area contributed by atoms with Crippen molar-refractivity contribution in [2.45, 2.75) is 32.8 Å². The molecule has 3 heteroatoms. The van der Waals surface area contributed by atoms with E-state index in [1.165, 1.54) is 11.1 Å². The zero-order valence-corrected chi connectivity index (χ0v) is 19.0. The van der Waals surface area contributed by atoms with Crippen molar-refractivity contribution >= 4 is 0 Å². The number of phenols is 1. The van der Waals surface area contributed by atoms with E-state index in [0.717, 1.165) is 40.8 Å². The van der Waals surface area contributed by atoms with Gasteiger partial charge in [-0.05, 0) is 71.3 Å². The van der Waals surface area contributed by atoms with Crippen LogP contribution in [0.3, 0.4) is 0 Å². The first-order chi connectivity index (χ1) is 14.1. The maximum absolute atomic E-state index is 10.1. The Morgan fingerprint density at radius 3 is 2.17 bits per heavy atom. The second-order valence-electron chi connectivity index (χ2n) is 7.12. The van der Waals surface area contributed by atoms with Crippen molar-refractivity contribution in [2.24, 2.45) is 0 Å². The summed E-state index contributed by atoms with van der Waals surface area (Å²) in [5.74, 6) is 1.11. The molecule has 30 heavy (non-hydrogen) atoms. The summed E-state index contributed by atoms with van der Waals surface area (Å²) in [5.41, 5.74) is 6.52. The molecule has 0 radical (unpaired) electrons. The monoisotopic (exact) mass is 463 g/mol. The number of benzene rings is 3. The van der Waals surface area contributed by atoms with E-state index in [4.69, 9.17) is 4.74 Å².